The first-order chi connectivity index (χ1) is 16.6. The van der Waals surface area contributed by atoms with Crippen LogP contribution in [-0.4, -0.2) is 48.7 Å². The van der Waals surface area contributed by atoms with Crippen LogP contribution in [0.4, 0.5) is 16.2 Å². The quantitative estimate of drug-likeness (QED) is 0.493. The molecule has 1 fully saturated rings. The van der Waals surface area contributed by atoms with Crippen LogP contribution in [0.3, 0.4) is 0 Å². The Kier molecular flexibility index (Phi) is 6.87. The van der Waals surface area contributed by atoms with Crippen molar-refractivity contribution in [3.8, 4) is 11.3 Å². The number of carbonyl (C=O) groups is 2. The summed E-state index contributed by atoms with van der Waals surface area (Å²) in [5, 5.41) is 2.89. The number of nitrogens with zero attached hydrogens (tertiary/aromatic N) is 2. The van der Waals surface area contributed by atoms with Crippen LogP contribution < -0.4 is 10.2 Å². The summed E-state index contributed by atoms with van der Waals surface area (Å²) in [5.41, 5.74) is 3.32. The molecule has 0 bridgehead atoms. The molecule has 1 unspecified atom stereocenters. The number of amides is 2. The van der Waals surface area contributed by atoms with E-state index in [-0.39, 0.29) is 23.8 Å². The van der Waals surface area contributed by atoms with Crippen molar-refractivity contribution in [3.63, 3.8) is 0 Å². The van der Waals surface area contributed by atoms with Crippen LogP contribution >= 0.6 is 0 Å². The smallest absolute Gasteiger partial charge is 0.410 e. The van der Waals surface area contributed by atoms with Crippen LogP contribution in [0, 0.1) is 6.92 Å². The summed E-state index contributed by atoms with van der Waals surface area (Å²) in [4.78, 5) is 29.0. The van der Waals surface area contributed by atoms with Gasteiger partial charge < -0.3 is 24.3 Å². The van der Waals surface area contributed by atoms with Gasteiger partial charge in [-0.25, -0.2) is 4.79 Å². The molecule has 0 saturated carbocycles. The maximum Gasteiger partial charge on any atom is 0.410 e. The molecule has 2 amide bonds. The van der Waals surface area contributed by atoms with E-state index >= 15 is 0 Å². The molecule has 1 aliphatic heterocycles. The van der Waals surface area contributed by atoms with Crippen LogP contribution in [0.2, 0.25) is 0 Å². The van der Waals surface area contributed by atoms with E-state index in [4.69, 9.17) is 9.15 Å². The molecule has 3 aromatic rings. The van der Waals surface area contributed by atoms with E-state index in [1.807, 2.05) is 76.2 Å². The van der Waals surface area contributed by atoms with E-state index < -0.39 is 5.60 Å². The summed E-state index contributed by atoms with van der Waals surface area (Å²) in [5.74, 6) is 0.624. The van der Waals surface area contributed by atoms with E-state index in [1.54, 1.807) is 24.1 Å². The zero-order chi connectivity index (χ0) is 25.2. The summed E-state index contributed by atoms with van der Waals surface area (Å²) in [6.07, 6.45) is 0.571. The number of rotatable bonds is 5. The fraction of sp³-hybridized carbons (Fsp3) is 0.357. The van der Waals surface area contributed by atoms with E-state index in [1.165, 1.54) is 5.56 Å². The first kappa shape index (κ1) is 24.4. The summed E-state index contributed by atoms with van der Waals surface area (Å²) in [7, 11) is 1.79. The molecule has 1 aliphatic rings. The largest absolute Gasteiger partial charge is 0.451 e. The van der Waals surface area contributed by atoms with Gasteiger partial charge in [0.2, 0.25) is 0 Å². The summed E-state index contributed by atoms with van der Waals surface area (Å²) < 4.78 is 11.3. The van der Waals surface area contributed by atoms with E-state index in [2.05, 4.69) is 10.2 Å². The lowest BCUT2D eigenvalue weighted by Crippen LogP contribution is -2.42. The second kappa shape index (κ2) is 9.86. The number of anilines is 2. The van der Waals surface area contributed by atoms with Gasteiger partial charge in [-0.15, -0.1) is 0 Å². The Labute approximate surface area is 206 Å². The van der Waals surface area contributed by atoms with Crippen molar-refractivity contribution >= 4 is 23.4 Å². The Morgan fingerprint density at radius 2 is 1.71 bits per heavy atom. The molecule has 2 heterocycles. The molecule has 7 heteroatoms. The maximum absolute atomic E-state index is 12.7. The second-order valence-electron chi connectivity index (χ2n) is 10.0. The molecule has 0 spiro atoms. The molecule has 1 atom stereocenters. The van der Waals surface area contributed by atoms with Crippen LogP contribution in [0.1, 0.15) is 43.3 Å². The Bertz CT molecular complexity index is 1180. The third kappa shape index (κ3) is 6.04. The number of nitrogens with one attached hydrogen (secondary N) is 1. The van der Waals surface area contributed by atoms with Gasteiger partial charge in [0.25, 0.3) is 5.91 Å². The average molecular weight is 476 g/mol. The van der Waals surface area contributed by atoms with Crippen LogP contribution in [-0.2, 0) is 4.74 Å². The fourth-order valence-corrected chi connectivity index (χ4v) is 4.06. The van der Waals surface area contributed by atoms with Gasteiger partial charge in [-0.1, -0.05) is 29.8 Å². The number of likely N-dealkylation sites (N-methyl/N-ethyl adjacent to an activating group) is 1. The van der Waals surface area contributed by atoms with Gasteiger partial charge in [0.1, 0.15) is 11.4 Å². The minimum Gasteiger partial charge on any atom is -0.451 e. The van der Waals surface area contributed by atoms with E-state index in [0.717, 1.165) is 30.8 Å². The van der Waals surface area contributed by atoms with E-state index in [9.17, 15) is 9.59 Å². The zero-order valence-electron chi connectivity index (χ0n) is 21.0. The molecule has 35 heavy (non-hydrogen) atoms. The molecule has 1 N–H and O–H groups in total. The Hall–Kier alpha value is -3.74. The Morgan fingerprint density at radius 3 is 2.37 bits per heavy atom. The standard InChI is InChI=1S/C28H33N3O4/c1-19-6-8-20(9-7-19)24-14-15-25(34-24)26(32)29-21-10-12-22(13-11-21)31-17-16-23(18-31)30(5)27(33)35-28(2,3)4/h6-15,23H,16-18H2,1-5H3,(H,29,32). The summed E-state index contributed by atoms with van der Waals surface area (Å²) in [6.45, 7) is 9.21. The normalized spacial score (nSPS) is 15.7. The lowest BCUT2D eigenvalue weighted by molar-refractivity contribution is 0.0238. The first-order valence-corrected chi connectivity index (χ1v) is 11.9. The zero-order valence-corrected chi connectivity index (χ0v) is 21.0. The molecule has 0 radical (unpaired) electrons. The Balaban J connectivity index is 1.33. The van der Waals surface area contributed by atoms with Gasteiger partial charge in [0.15, 0.2) is 5.76 Å². The number of furan rings is 1. The number of hydrogen-bond donors (Lipinski definition) is 1. The monoisotopic (exact) mass is 475 g/mol. The molecule has 0 aliphatic carbocycles. The molecule has 1 saturated heterocycles. The van der Waals surface area contributed by atoms with E-state index in [0.29, 0.717) is 11.4 Å². The third-order valence-corrected chi connectivity index (χ3v) is 6.05. The number of ether oxygens (including phenoxy) is 1. The Morgan fingerprint density at radius 1 is 1.03 bits per heavy atom. The first-order valence-electron chi connectivity index (χ1n) is 11.9. The van der Waals surface area contributed by atoms with Crippen LogP contribution in [0.15, 0.2) is 65.1 Å². The van der Waals surface area contributed by atoms with Crippen molar-refractivity contribution in [2.45, 2.75) is 45.8 Å². The second-order valence-corrected chi connectivity index (χ2v) is 10.0. The number of aryl methyl sites for hydroxylation is 1. The van der Waals surface area contributed by atoms with Crippen molar-refractivity contribution < 1.29 is 18.7 Å². The van der Waals surface area contributed by atoms with Crippen LogP contribution in [0.5, 0.6) is 0 Å². The van der Waals surface area contributed by atoms with Crippen molar-refractivity contribution in [1.82, 2.24) is 4.90 Å². The van der Waals surface area contributed by atoms with Crippen LogP contribution in [0.25, 0.3) is 11.3 Å². The van der Waals surface area contributed by atoms with Crippen molar-refractivity contribution in [2.75, 3.05) is 30.4 Å². The number of hydrogen-bond acceptors (Lipinski definition) is 5. The molecular weight excluding hydrogens is 442 g/mol. The van der Waals surface area contributed by atoms with Gasteiger partial charge in [-0.3, -0.25) is 4.79 Å². The highest BCUT2D eigenvalue weighted by molar-refractivity contribution is 6.02. The maximum atomic E-state index is 12.7. The lowest BCUT2D eigenvalue weighted by atomic mass is 10.1. The van der Waals surface area contributed by atoms with Crippen molar-refractivity contribution in [1.29, 1.82) is 0 Å². The predicted molar refractivity (Wildman–Crippen MR) is 138 cm³/mol. The highest BCUT2D eigenvalue weighted by atomic mass is 16.6. The molecule has 184 valence electrons. The highest BCUT2D eigenvalue weighted by Crippen LogP contribution is 2.26. The molecular formula is C28H33N3O4. The number of carbonyl (C=O) groups excluding carboxylic acids is 2. The minimum atomic E-state index is -0.512. The molecule has 7 nitrogen and oxygen atoms in total. The van der Waals surface area contributed by atoms with Gasteiger partial charge >= 0.3 is 6.09 Å². The predicted octanol–water partition coefficient (Wildman–Crippen LogP) is 5.95. The molecule has 2 aromatic carbocycles. The molecule has 1 aromatic heterocycles. The number of benzene rings is 2. The van der Waals surface area contributed by atoms with Gasteiger partial charge in [-0.2, -0.15) is 0 Å². The van der Waals surface area contributed by atoms with Crippen molar-refractivity contribution in [3.05, 3.63) is 72.0 Å². The molecule has 4 rings (SSSR count). The lowest BCUT2D eigenvalue weighted by Gasteiger charge is -2.28. The van der Waals surface area contributed by atoms with Crippen molar-refractivity contribution in [2.24, 2.45) is 0 Å². The van der Waals surface area contributed by atoms with Gasteiger partial charge in [-0.05, 0) is 70.5 Å². The van der Waals surface area contributed by atoms with Gasteiger partial charge in [0.05, 0.1) is 6.04 Å². The summed E-state index contributed by atoms with van der Waals surface area (Å²) >= 11 is 0. The summed E-state index contributed by atoms with van der Waals surface area (Å²) in [6, 6.07) is 19.3. The topological polar surface area (TPSA) is 75.0 Å². The minimum absolute atomic E-state index is 0.0888. The SMILES string of the molecule is Cc1ccc(-c2ccc(C(=O)Nc3ccc(N4CCC(N(C)C(=O)OC(C)(C)C)C4)cc3)o2)cc1. The highest BCUT2D eigenvalue weighted by Gasteiger charge is 2.31. The van der Waals surface area contributed by atoms with Gasteiger partial charge in [0, 0.05) is 37.1 Å². The fourth-order valence-electron chi connectivity index (χ4n) is 4.06. The third-order valence-electron chi connectivity index (χ3n) is 6.05. The average Bonchev–Trinajstić information content (AvgIpc) is 3.49.